The fourth-order valence-electron chi connectivity index (χ4n) is 2.44. The van der Waals surface area contributed by atoms with E-state index in [0.717, 1.165) is 5.69 Å². The smallest absolute Gasteiger partial charge is 0.278 e. The lowest BCUT2D eigenvalue weighted by molar-refractivity contribution is 0.101. The van der Waals surface area contributed by atoms with E-state index in [1.165, 1.54) is 7.11 Å². The third-order valence-electron chi connectivity index (χ3n) is 3.75. The van der Waals surface area contributed by atoms with Gasteiger partial charge >= 0.3 is 0 Å². The minimum Gasteiger partial charge on any atom is -0.497 e. The summed E-state index contributed by atoms with van der Waals surface area (Å²) in [6.07, 6.45) is 0. The molecule has 3 aromatic rings. The minimum absolute atomic E-state index is 0.152. The Kier molecular flexibility index (Phi) is 5.95. The van der Waals surface area contributed by atoms with Gasteiger partial charge in [-0.15, -0.1) is 5.10 Å². The number of rotatable bonds is 6. The number of nitrogens with zero attached hydrogens (tertiary/aromatic N) is 3. The third kappa shape index (κ3) is 4.21. The van der Waals surface area contributed by atoms with Crippen LogP contribution in [0.1, 0.15) is 16.2 Å². The maximum absolute atomic E-state index is 12.7. The van der Waals surface area contributed by atoms with E-state index in [2.05, 4.69) is 15.6 Å². The predicted octanol–water partition coefficient (Wildman–Crippen LogP) is 3.98. The van der Waals surface area contributed by atoms with Crippen molar-refractivity contribution in [3.05, 3.63) is 63.9 Å². The zero-order valence-electron chi connectivity index (χ0n) is 14.6. The SMILES string of the molecule is COCc1c(C(=O)Nc2ccc(Cl)c(Cl)c2)nnn1-c1ccc(OC)cc1. The van der Waals surface area contributed by atoms with Gasteiger partial charge in [0.15, 0.2) is 5.69 Å². The van der Waals surface area contributed by atoms with Gasteiger partial charge < -0.3 is 14.8 Å². The maximum atomic E-state index is 12.7. The van der Waals surface area contributed by atoms with E-state index in [9.17, 15) is 4.79 Å². The van der Waals surface area contributed by atoms with Crippen molar-refractivity contribution in [2.45, 2.75) is 6.61 Å². The van der Waals surface area contributed by atoms with Crippen LogP contribution in [0.4, 0.5) is 5.69 Å². The van der Waals surface area contributed by atoms with Crippen molar-refractivity contribution in [3.63, 3.8) is 0 Å². The third-order valence-corrected chi connectivity index (χ3v) is 4.49. The molecule has 140 valence electrons. The van der Waals surface area contributed by atoms with Gasteiger partial charge in [-0.3, -0.25) is 4.79 Å². The van der Waals surface area contributed by atoms with Crippen LogP contribution in [0.3, 0.4) is 0 Å². The van der Waals surface area contributed by atoms with E-state index in [-0.39, 0.29) is 12.3 Å². The van der Waals surface area contributed by atoms with Crippen LogP contribution >= 0.6 is 23.2 Å². The first-order valence-corrected chi connectivity index (χ1v) is 8.63. The molecule has 1 aromatic heterocycles. The first-order chi connectivity index (χ1) is 13.0. The Morgan fingerprint density at radius 1 is 1.11 bits per heavy atom. The van der Waals surface area contributed by atoms with Gasteiger partial charge in [0.2, 0.25) is 0 Å². The zero-order chi connectivity index (χ0) is 19.4. The number of amides is 1. The molecule has 0 bridgehead atoms. The fraction of sp³-hybridized carbons (Fsp3) is 0.167. The van der Waals surface area contributed by atoms with Gasteiger partial charge in [-0.1, -0.05) is 28.4 Å². The first-order valence-electron chi connectivity index (χ1n) is 7.88. The number of methoxy groups -OCH3 is 2. The number of ether oxygens (including phenoxy) is 2. The number of aromatic nitrogens is 3. The van der Waals surface area contributed by atoms with Crippen LogP contribution in [0.15, 0.2) is 42.5 Å². The van der Waals surface area contributed by atoms with Crippen LogP contribution < -0.4 is 10.1 Å². The molecular weight excluding hydrogens is 391 g/mol. The largest absolute Gasteiger partial charge is 0.497 e. The molecule has 0 saturated carbocycles. The molecule has 1 heterocycles. The summed E-state index contributed by atoms with van der Waals surface area (Å²) in [6.45, 7) is 0.156. The van der Waals surface area contributed by atoms with Crippen molar-refractivity contribution in [1.29, 1.82) is 0 Å². The summed E-state index contributed by atoms with van der Waals surface area (Å²) in [6, 6.07) is 12.0. The summed E-state index contributed by atoms with van der Waals surface area (Å²) in [5, 5.41) is 11.6. The molecule has 1 N–H and O–H groups in total. The van der Waals surface area contributed by atoms with E-state index in [0.29, 0.717) is 27.2 Å². The lowest BCUT2D eigenvalue weighted by Gasteiger charge is -2.09. The molecule has 9 heteroatoms. The second kappa shape index (κ2) is 8.39. The number of halogens is 2. The molecular formula is C18H16Cl2N4O3. The highest BCUT2D eigenvalue weighted by Gasteiger charge is 2.21. The van der Waals surface area contributed by atoms with Crippen molar-refractivity contribution in [3.8, 4) is 11.4 Å². The lowest BCUT2D eigenvalue weighted by atomic mass is 10.2. The summed E-state index contributed by atoms with van der Waals surface area (Å²) >= 11 is 11.9. The maximum Gasteiger partial charge on any atom is 0.278 e. The number of anilines is 1. The van der Waals surface area contributed by atoms with Crippen LogP contribution in [0.2, 0.25) is 10.0 Å². The Morgan fingerprint density at radius 2 is 1.85 bits per heavy atom. The average Bonchev–Trinajstić information content (AvgIpc) is 3.09. The Morgan fingerprint density at radius 3 is 2.48 bits per heavy atom. The number of carbonyl (C=O) groups excluding carboxylic acids is 1. The molecule has 0 spiro atoms. The molecule has 0 aliphatic rings. The Labute approximate surface area is 165 Å². The Balaban J connectivity index is 1.91. The number of hydrogen-bond donors (Lipinski definition) is 1. The summed E-state index contributed by atoms with van der Waals surface area (Å²) in [5.41, 5.74) is 1.89. The fourth-order valence-corrected chi connectivity index (χ4v) is 2.74. The molecule has 0 saturated heterocycles. The van der Waals surface area contributed by atoms with Gasteiger partial charge in [-0.2, -0.15) is 0 Å². The molecule has 0 unspecified atom stereocenters. The van der Waals surface area contributed by atoms with Crippen molar-refractivity contribution >= 4 is 34.8 Å². The zero-order valence-corrected chi connectivity index (χ0v) is 16.1. The molecule has 3 rings (SSSR count). The van der Waals surface area contributed by atoms with E-state index < -0.39 is 5.91 Å². The summed E-state index contributed by atoms with van der Waals surface area (Å²) < 4.78 is 11.9. The Bertz CT molecular complexity index is 958. The second-order valence-corrected chi connectivity index (χ2v) is 6.32. The van der Waals surface area contributed by atoms with Crippen LogP contribution in [0.5, 0.6) is 5.75 Å². The van der Waals surface area contributed by atoms with Crippen LogP contribution in [-0.4, -0.2) is 35.1 Å². The van der Waals surface area contributed by atoms with E-state index in [1.54, 1.807) is 42.1 Å². The molecule has 0 atom stereocenters. The number of hydrogen-bond acceptors (Lipinski definition) is 5. The molecule has 0 radical (unpaired) electrons. The Hall–Kier alpha value is -2.61. The van der Waals surface area contributed by atoms with E-state index in [1.807, 2.05) is 12.1 Å². The molecule has 0 fully saturated rings. The monoisotopic (exact) mass is 406 g/mol. The summed E-state index contributed by atoms with van der Waals surface area (Å²) in [5.74, 6) is 0.282. The van der Waals surface area contributed by atoms with Crippen molar-refractivity contribution in [2.75, 3.05) is 19.5 Å². The van der Waals surface area contributed by atoms with Crippen LogP contribution in [0, 0.1) is 0 Å². The highest BCUT2D eigenvalue weighted by Crippen LogP contribution is 2.25. The minimum atomic E-state index is -0.430. The summed E-state index contributed by atoms with van der Waals surface area (Å²) in [4.78, 5) is 12.7. The lowest BCUT2D eigenvalue weighted by Crippen LogP contribution is -2.16. The highest BCUT2D eigenvalue weighted by molar-refractivity contribution is 6.42. The average molecular weight is 407 g/mol. The molecule has 0 aliphatic heterocycles. The standard InChI is InChI=1S/C18H16Cl2N4O3/c1-26-10-16-17(18(25)21-11-3-8-14(19)15(20)9-11)22-23-24(16)12-4-6-13(27-2)7-5-12/h3-9H,10H2,1-2H3,(H,21,25). The topological polar surface area (TPSA) is 78.3 Å². The highest BCUT2D eigenvalue weighted by atomic mass is 35.5. The van der Waals surface area contributed by atoms with E-state index >= 15 is 0 Å². The molecule has 1 amide bonds. The van der Waals surface area contributed by atoms with Gasteiger partial charge in [0.05, 0.1) is 29.4 Å². The first kappa shape index (κ1) is 19.2. The van der Waals surface area contributed by atoms with Crippen molar-refractivity contribution < 1.29 is 14.3 Å². The van der Waals surface area contributed by atoms with Gasteiger partial charge in [0, 0.05) is 12.8 Å². The normalized spacial score (nSPS) is 10.7. The van der Waals surface area contributed by atoms with E-state index in [4.69, 9.17) is 32.7 Å². The summed E-state index contributed by atoms with van der Waals surface area (Å²) in [7, 11) is 3.12. The predicted molar refractivity (Wildman–Crippen MR) is 103 cm³/mol. The van der Waals surface area contributed by atoms with Gasteiger partial charge in [0.25, 0.3) is 5.91 Å². The quantitative estimate of drug-likeness (QED) is 0.669. The van der Waals surface area contributed by atoms with Gasteiger partial charge in [-0.25, -0.2) is 4.68 Å². The van der Waals surface area contributed by atoms with Gasteiger partial charge in [-0.05, 0) is 42.5 Å². The molecule has 27 heavy (non-hydrogen) atoms. The van der Waals surface area contributed by atoms with Crippen LogP contribution in [0.25, 0.3) is 5.69 Å². The molecule has 0 aliphatic carbocycles. The molecule has 7 nitrogen and oxygen atoms in total. The molecule has 2 aromatic carbocycles. The van der Waals surface area contributed by atoms with Crippen molar-refractivity contribution in [1.82, 2.24) is 15.0 Å². The number of nitrogens with one attached hydrogen (secondary N) is 1. The second-order valence-electron chi connectivity index (χ2n) is 5.51. The van der Waals surface area contributed by atoms with Crippen molar-refractivity contribution in [2.24, 2.45) is 0 Å². The van der Waals surface area contributed by atoms with Crippen LogP contribution in [-0.2, 0) is 11.3 Å². The van der Waals surface area contributed by atoms with Gasteiger partial charge in [0.1, 0.15) is 11.4 Å². The number of benzene rings is 2. The number of carbonyl (C=O) groups is 1.